The van der Waals surface area contributed by atoms with Crippen LogP contribution in [-0.4, -0.2) is 50.4 Å². The molecule has 5 rings (SSSR count). The summed E-state index contributed by atoms with van der Waals surface area (Å²) in [6.07, 6.45) is 5.73. The van der Waals surface area contributed by atoms with Crippen molar-refractivity contribution >= 4 is 46.6 Å². The number of thiocarbonyl (C=S) groups is 1. The summed E-state index contributed by atoms with van der Waals surface area (Å²) < 4.78 is 39.0. The lowest BCUT2D eigenvalue weighted by atomic mass is 9.44. The van der Waals surface area contributed by atoms with Crippen LogP contribution in [0.3, 0.4) is 0 Å². The second-order valence-corrected chi connectivity index (χ2v) is 12.5. The molecular weight excluding hydrogens is 518 g/mol. The molecule has 0 aromatic rings. The topological polar surface area (TPSA) is 80.7 Å². The summed E-state index contributed by atoms with van der Waals surface area (Å²) in [5, 5.41) is 10.8. The molecule has 3 fully saturated rings. The summed E-state index contributed by atoms with van der Waals surface area (Å²) in [6.45, 7) is 4.97. The largest absolute Gasteiger partial charge is 0.446 e. The highest BCUT2D eigenvalue weighted by Crippen LogP contribution is 2.71. The first-order valence-corrected chi connectivity index (χ1v) is 13.4. The van der Waals surface area contributed by atoms with Crippen molar-refractivity contribution in [2.24, 2.45) is 28.6 Å². The molecule has 0 unspecified atom stereocenters. The summed E-state index contributed by atoms with van der Waals surface area (Å²) in [5.74, 6) is -3.36. The highest BCUT2D eigenvalue weighted by Gasteiger charge is 2.78. The SMILES string of the molecule is C[C@@H]1C[C@H]2[C@@H]3C[C@H](F)C4=CC(=O)C=C[C@]4(C)[C@@]3(F)[C@@H](O)C[C@]2(C)[C@@]1(OC(=O)C1=CC=CCC1=S)C(=O)S. The van der Waals surface area contributed by atoms with Crippen LogP contribution in [0.1, 0.15) is 46.5 Å². The van der Waals surface area contributed by atoms with Crippen LogP contribution in [-0.2, 0) is 19.1 Å². The van der Waals surface area contributed by atoms with Gasteiger partial charge in [0.25, 0.3) is 0 Å². The van der Waals surface area contributed by atoms with Gasteiger partial charge in [0.15, 0.2) is 17.1 Å². The average Bonchev–Trinajstić information content (AvgIpc) is 3.04. The predicted molar refractivity (Wildman–Crippen MR) is 140 cm³/mol. The van der Waals surface area contributed by atoms with Gasteiger partial charge in [0.1, 0.15) is 6.17 Å². The predicted octanol–water partition coefficient (Wildman–Crippen LogP) is 4.55. The summed E-state index contributed by atoms with van der Waals surface area (Å²) >= 11 is 9.49. The fourth-order valence-corrected chi connectivity index (χ4v) is 8.93. The molecule has 0 aromatic carbocycles. The first-order valence-electron chi connectivity index (χ1n) is 12.6. The van der Waals surface area contributed by atoms with Crippen molar-refractivity contribution in [3.05, 3.63) is 47.6 Å². The number of hydrogen-bond acceptors (Lipinski definition) is 6. The Morgan fingerprint density at radius 3 is 2.59 bits per heavy atom. The monoisotopic (exact) mass is 548 g/mol. The van der Waals surface area contributed by atoms with Gasteiger partial charge in [-0.15, -0.1) is 12.6 Å². The molecule has 0 heterocycles. The Balaban J connectivity index is 1.61. The van der Waals surface area contributed by atoms with Crippen molar-refractivity contribution in [1.82, 2.24) is 0 Å². The smallest absolute Gasteiger partial charge is 0.340 e. The molecule has 9 atom stereocenters. The first-order chi connectivity index (χ1) is 17.2. The van der Waals surface area contributed by atoms with Crippen LogP contribution in [0, 0.1) is 28.6 Å². The molecule has 5 nitrogen and oxygen atoms in total. The zero-order chi connectivity index (χ0) is 27.1. The van der Waals surface area contributed by atoms with Gasteiger partial charge >= 0.3 is 5.97 Å². The van der Waals surface area contributed by atoms with Gasteiger partial charge in [0, 0.05) is 34.0 Å². The van der Waals surface area contributed by atoms with Crippen LogP contribution in [0.25, 0.3) is 0 Å². The van der Waals surface area contributed by atoms with Crippen molar-refractivity contribution in [1.29, 1.82) is 0 Å². The second kappa shape index (κ2) is 8.52. The fraction of sp³-hybridized carbons (Fsp3) is 0.571. The number of carbonyl (C=O) groups is 3. The Morgan fingerprint density at radius 1 is 1.24 bits per heavy atom. The number of rotatable bonds is 3. The molecule has 37 heavy (non-hydrogen) atoms. The Labute approximate surface area is 225 Å². The molecule has 0 bridgehead atoms. The molecule has 9 heteroatoms. The number of thiol groups is 1. The van der Waals surface area contributed by atoms with Crippen LogP contribution < -0.4 is 0 Å². The van der Waals surface area contributed by atoms with E-state index in [1.54, 1.807) is 26.0 Å². The number of halogens is 2. The Morgan fingerprint density at radius 2 is 1.95 bits per heavy atom. The molecule has 0 aliphatic heterocycles. The minimum atomic E-state index is -2.29. The van der Waals surface area contributed by atoms with Crippen LogP contribution in [0.5, 0.6) is 0 Å². The molecule has 3 saturated carbocycles. The van der Waals surface area contributed by atoms with Gasteiger partial charge in [0.2, 0.25) is 5.12 Å². The number of fused-ring (bicyclic) bond motifs is 5. The molecule has 198 valence electrons. The van der Waals surface area contributed by atoms with Gasteiger partial charge in [-0.25, -0.2) is 13.6 Å². The summed E-state index contributed by atoms with van der Waals surface area (Å²) in [6, 6.07) is 0. The van der Waals surface area contributed by atoms with Gasteiger partial charge < -0.3 is 9.84 Å². The molecule has 0 aromatic heterocycles. The average molecular weight is 549 g/mol. The second-order valence-electron chi connectivity index (χ2n) is 11.6. The number of ether oxygens (including phenoxy) is 1. The van der Waals surface area contributed by atoms with E-state index >= 15 is 8.78 Å². The number of ketones is 1. The van der Waals surface area contributed by atoms with E-state index in [0.717, 1.165) is 6.08 Å². The van der Waals surface area contributed by atoms with E-state index in [-0.39, 0.29) is 30.4 Å². The fourth-order valence-electron chi connectivity index (χ4n) is 8.17. The number of esters is 1. The molecule has 0 saturated heterocycles. The molecular formula is C28H30F2O5S2. The van der Waals surface area contributed by atoms with Crippen molar-refractivity contribution < 1.29 is 33.0 Å². The maximum atomic E-state index is 17.4. The molecule has 0 amide bonds. The lowest BCUT2D eigenvalue weighted by Crippen LogP contribution is -2.70. The standard InChI is InChI=1S/C28H30F2O5S2/c1-14-10-17-18-12-20(29)19-11-15(31)8-9-25(19,2)27(18,30)22(32)13-26(17,3)28(14,24(34)37)35-23(33)16-6-4-5-7-21(16)36/h4-6,8-9,11,14,17-18,20,22,32H,7,10,12-13H2,1-3H3,(H,34,37)/t14-,17+,18+,20+,22+,25+,26+,27+,28+/m1/s1. The molecule has 5 aliphatic carbocycles. The van der Waals surface area contributed by atoms with Gasteiger partial charge in [-0.05, 0) is 55.9 Å². The lowest BCUT2D eigenvalue weighted by Gasteiger charge is -2.63. The van der Waals surface area contributed by atoms with Gasteiger partial charge in [-0.2, -0.15) is 0 Å². The zero-order valence-electron chi connectivity index (χ0n) is 20.9. The number of hydrogen-bond donors (Lipinski definition) is 2. The van der Waals surface area contributed by atoms with Crippen LogP contribution in [0.4, 0.5) is 8.78 Å². The Hall–Kier alpha value is -1.97. The highest BCUT2D eigenvalue weighted by atomic mass is 32.1. The van der Waals surface area contributed by atoms with Gasteiger partial charge in [-0.3, -0.25) is 9.59 Å². The number of aliphatic hydroxyl groups excluding tert-OH is 1. The minimum Gasteiger partial charge on any atom is -0.446 e. The van der Waals surface area contributed by atoms with Gasteiger partial charge in [-0.1, -0.05) is 44.3 Å². The third-order valence-corrected chi connectivity index (χ3v) is 10.7. The third kappa shape index (κ3) is 3.29. The normalized spacial score (nSPS) is 46.4. The van der Waals surface area contributed by atoms with Crippen molar-refractivity contribution in [3.8, 4) is 0 Å². The number of carbonyl (C=O) groups excluding carboxylic acids is 3. The third-order valence-electron chi connectivity index (χ3n) is 9.96. The van der Waals surface area contributed by atoms with Crippen LogP contribution in [0.2, 0.25) is 0 Å². The van der Waals surface area contributed by atoms with Gasteiger partial charge in [0.05, 0.1) is 11.7 Å². The van der Waals surface area contributed by atoms with Crippen molar-refractivity contribution in [2.45, 2.75) is 70.0 Å². The highest BCUT2D eigenvalue weighted by molar-refractivity contribution is 7.96. The van der Waals surface area contributed by atoms with Crippen LogP contribution in [0.15, 0.2) is 47.6 Å². The molecule has 0 spiro atoms. The molecule has 0 radical (unpaired) electrons. The maximum Gasteiger partial charge on any atom is 0.340 e. The van der Waals surface area contributed by atoms with Crippen molar-refractivity contribution in [2.75, 3.05) is 0 Å². The van der Waals surface area contributed by atoms with E-state index < -0.39 is 69.0 Å². The summed E-state index contributed by atoms with van der Waals surface area (Å²) in [7, 11) is 0. The quantitative estimate of drug-likeness (QED) is 0.306. The molecule has 5 aliphatic rings. The van der Waals surface area contributed by atoms with E-state index in [9.17, 15) is 19.5 Å². The van der Waals surface area contributed by atoms with E-state index in [1.807, 2.05) is 0 Å². The summed E-state index contributed by atoms with van der Waals surface area (Å²) in [4.78, 5) is 39.0. The number of allylic oxidation sites excluding steroid dienone is 7. The zero-order valence-corrected chi connectivity index (χ0v) is 22.6. The maximum absolute atomic E-state index is 17.4. The van der Waals surface area contributed by atoms with E-state index in [1.165, 1.54) is 25.2 Å². The lowest BCUT2D eigenvalue weighted by molar-refractivity contribution is -0.227. The Bertz CT molecular complexity index is 1240. The van der Waals surface area contributed by atoms with E-state index in [4.69, 9.17) is 17.0 Å². The minimum absolute atomic E-state index is 0.0289. The van der Waals surface area contributed by atoms with Crippen molar-refractivity contribution in [3.63, 3.8) is 0 Å². The first kappa shape index (κ1) is 26.6. The van der Waals surface area contributed by atoms with E-state index in [2.05, 4.69) is 12.6 Å². The molecule has 1 N–H and O–H groups in total. The Kier molecular flexibility index (Phi) is 6.13. The number of aliphatic hydroxyl groups is 1. The van der Waals surface area contributed by atoms with E-state index in [0.29, 0.717) is 11.3 Å². The summed E-state index contributed by atoms with van der Waals surface area (Å²) in [5.41, 5.74) is -6.63. The number of alkyl halides is 2. The van der Waals surface area contributed by atoms with Crippen LogP contribution >= 0.6 is 24.8 Å².